The maximum absolute atomic E-state index is 11.4. The fourth-order valence-electron chi connectivity index (χ4n) is 1.90. The van der Waals surface area contributed by atoms with Crippen molar-refractivity contribution in [2.24, 2.45) is 5.92 Å². The molecule has 0 spiro atoms. The molecule has 17 heavy (non-hydrogen) atoms. The predicted molar refractivity (Wildman–Crippen MR) is 68.9 cm³/mol. The zero-order valence-electron chi connectivity index (χ0n) is 10.4. The van der Waals surface area contributed by atoms with Gasteiger partial charge in [-0.25, -0.2) is 0 Å². The fourth-order valence-corrected chi connectivity index (χ4v) is 1.90. The first kappa shape index (κ1) is 13.4. The molecule has 0 atom stereocenters. The summed E-state index contributed by atoms with van der Waals surface area (Å²) in [6.45, 7) is 6.66. The number of carbonyl (C=O) groups excluding carboxylic acids is 2. The average molecular weight is 230 g/mol. The van der Waals surface area contributed by atoms with Crippen molar-refractivity contribution in [2.75, 3.05) is 0 Å². The number of benzene rings is 1. The summed E-state index contributed by atoms with van der Waals surface area (Å²) in [5.74, 6) is -0.641. The third kappa shape index (κ3) is 3.66. The van der Waals surface area contributed by atoms with Crippen molar-refractivity contribution in [1.29, 1.82) is 0 Å². The van der Waals surface area contributed by atoms with Gasteiger partial charge in [0.15, 0.2) is 0 Å². The van der Waals surface area contributed by atoms with E-state index in [4.69, 9.17) is 0 Å². The number of hydrogen-bond acceptors (Lipinski definition) is 2. The second kappa shape index (κ2) is 6.14. The van der Waals surface area contributed by atoms with E-state index in [2.05, 4.69) is 6.58 Å². The SMILES string of the molecule is C=CCc1ccccc1CC(C(C)=O)C(C)=O. The molecule has 1 aromatic rings. The Kier molecular flexibility index (Phi) is 4.83. The highest BCUT2D eigenvalue weighted by molar-refractivity contribution is 6.00. The van der Waals surface area contributed by atoms with Crippen LogP contribution in [-0.2, 0) is 22.4 Å². The van der Waals surface area contributed by atoms with Gasteiger partial charge in [-0.05, 0) is 37.8 Å². The van der Waals surface area contributed by atoms with Crippen molar-refractivity contribution >= 4 is 11.6 Å². The first-order valence-corrected chi connectivity index (χ1v) is 5.74. The number of hydrogen-bond donors (Lipinski definition) is 0. The van der Waals surface area contributed by atoms with Crippen molar-refractivity contribution in [2.45, 2.75) is 26.7 Å². The average Bonchev–Trinajstić information content (AvgIpc) is 2.27. The van der Waals surface area contributed by atoms with E-state index in [9.17, 15) is 9.59 Å². The summed E-state index contributed by atoms with van der Waals surface area (Å²) >= 11 is 0. The molecule has 0 N–H and O–H groups in total. The van der Waals surface area contributed by atoms with Crippen molar-refractivity contribution < 1.29 is 9.59 Å². The largest absolute Gasteiger partial charge is 0.299 e. The van der Waals surface area contributed by atoms with Crippen molar-refractivity contribution in [1.82, 2.24) is 0 Å². The van der Waals surface area contributed by atoms with Gasteiger partial charge in [0.1, 0.15) is 11.6 Å². The highest BCUT2D eigenvalue weighted by Gasteiger charge is 2.20. The molecule has 0 aromatic heterocycles. The summed E-state index contributed by atoms with van der Waals surface area (Å²) in [5.41, 5.74) is 2.19. The predicted octanol–water partition coefficient (Wildman–Crippen LogP) is 2.75. The van der Waals surface area contributed by atoms with E-state index in [1.165, 1.54) is 13.8 Å². The van der Waals surface area contributed by atoms with Gasteiger partial charge in [0, 0.05) is 0 Å². The molecule has 90 valence electrons. The van der Waals surface area contributed by atoms with E-state index in [1.807, 2.05) is 30.3 Å². The number of Topliss-reactive ketones (excluding diaryl/α,β-unsaturated/α-hetero) is 2. The number of carbonyl (C=O) groups is 2. The lowest BCUT2D eigenvalue weighted by atomic mass is 9.89. The summed E-state index contributed by atoms with van der Waals surface area (Å²) in [5, 5.41) is 0. The molecule has 0 unspecified atom stereocenters. The fraction of sp³-hybridized carbons (Fsp3) is 0.333. The van der Waals surface area contributed by atoms with Crippen LogP contribution in [0, 0.1) is 5.92 Å². The van der Waals surface area contributed by atoms with Crippen LogP contribution in [-0.4, -0.2) is 11.6 Å². The van der Waals surface area contributed by atoms with Crippen LogP contribution in [0.2, 0.25) is 0 Å². The molecule has 0 saturated carbocycles. The van der Waals surface area contributed by atoms with Crippen LogP contribution >= 0.6 is 0 Å². The first-order chi connectivity index (χ1) is 8.06. The molecule has 0 aliphatic rings. The summed E-state index contributed by atoms with van der Waals surface area (Å²) in [6, 6.07) is 7.87. The van der Waals surface area contributed by atoms with E-state index in [0.717, 1.165) is 17.5 Å². The standard InChI is InChI=1S/C15H18O2/c1-4-7-13-8-5-6-9-14(13)10-15(11(2)16)12(3)17/h4-6,8-9,15H,1,7,10H2,2-3H3. The maximum Gasteiger partial charge on any atom is 0.140 e. The van der Waals surface area contributed by atoms with Gasteiger partial charge in [-0.15, -0.1) is 6.58 Å². The van der Waals surface area contributed by atoms with Gasteiger partial charge in [0.2, 0.25) is 0 Å². The van der Waals surface area contributed by atoms with Crippen molar-refractivity contribution in [3.05, 3.63) is 48.0 Å². The normalized spacial score (nSPS) is 10.3. The molecule has 0 heterocycles. The Bertz CT molecular complexity index is 418. The van der Waals surface area contributed by atoms with Gasteiger partial charge >= 0.3 is 0 Å². The molecule has 1 rings (SSSR count). The van der Waals surface area contributed by atoms with Gasteiger partial charge < -0.3 is 0 Å². The van der Waals surface area contributed by atoms with Crippen LogP contribution in [0.3, 0.4) is 0 Å². The minimum atomic E-state index is -0.513. The van der Waals surface area contributed by atoms with E-state index in [0.29, 0.717) is 6.42 Å². The first-order valence-electron chi connectivity index (χ1n) is 5.74. The van der Waals surface area contributed by atoms with E-state index in [-0.39, 0.29) is 11.6 Å². The minimum Gasteiger partial charge on any atom is -0.299 e. The van der Waals surface area contributed by atoms with Crippen LogP contribution in [0.25, 0.3) is 0 Å². The van der Waals surface area contributed by atoms with Gasteiger partial charge in [-0.2, -0.15) is 0 Å². The van der Waals surface area contributed by atoms with E-state index >= 15 is 0 Å². The Morgan fingerprint density at radius 2 is 1.71 bits per heavy atom. The smallest absolute Gasteiger partial charge is 0.140 e. The number of allylic oxidation sites excluding steroid dienone is 1. The maximum atomic E-state index is 11.4. The number of rotatable bonds is 6. The minimum absolute atomic E-state index is 0.0640. The second-order valence-corrected chi connectivity index (χ2v) is 4.24. The zero-order valence-corrected chi connectivity index (χ0v) is 10.4. The van der Waals surface area contributed by atoms with Gasteiger partial charge in [-0.1, -0.05) is 30.3 Å². The Morgan fingerprint density at radius 1 is 1.18 bits per heavy atom. The molecule has 0 amide bonds. The Labute approximate surface area is 102 Å². The van der Waals surface area contributed by atoms with Crippen LogP contribution in [0.15, 0.2) is 36.9 Å². The van der Waals surface area contributed by atoms with Gasteiger partial charge in [-0.3, -0.25) is 9.59 Å². The summed E-state index contributed by atoms with van der Waals surface area (Å²) in [4.78, 5) is 22.8. The second-order valence-electron chi connectivity index (χ2n) is 4.24. The van der Waals surface area contributed by atoms with Gasteiger partial charge in [0.05, 0.1) is 5.92 Å². The molecule has 0 fully saturated rings. The summed E-state index contributed by atoms with van der Waals surface area (Å²) in [7, 11) is 0. The summed E-state index contributed by atoms with van der Waals surface area (Å²) in [6.07, 6.45) is 3.09. The monoisotopic (exact) mass is 230 g/mol. The van der Waals surface area contributed by atoms with Crippen LogP contribution < -0.4 is 0 Å². The highest BCUT2D eigenvalue weighted by Crippen LogP contribution is 2.16. The lowest BCUT2D eigenvalue weighted by Gasteiger charge is -2.13. The number of ketones is 2. The van der Waals surface area contributed by atoms with Crippen molar-refractivity contribution in [3.63, 3.8) is 0 Å². The molecule has 0 radical (unpaired) electrons. The Balaban J connectivity index is 2.96. The molecular formula is C15H18O2. The van der Waals surface area contributed by atoms with E-state index < -0.39 is 5.92 Å². The van der Waals surface area contributed by atoms with Crippen LogP contribution in [0.1, 0.15) is 25.0 Å². The molecule has 0 saturated heterocycles. The molecule has 2 nitrogen and oxygen atoms in total. The van der Waals surface area contributed by atoms with Crippen LogP contribution in [0.5, 0.6) is 0 Å². The molecule has 1 aromatic carbocycles. The lowest BCUT2D eigenvalue weighted by molar-refractivity contribution is -0.130. The molecule has 0 aliphatic carbocycles. The zero-order chi connectivity index (χ0) is 12.8. The quantitative estimate of drug-likeness (QED) is 0.556. The van der Waals surface area contributed by atoms with Crippen molar-refractivity contribution in [3.8, 4) is 0 Å². The molecular weight excluding hydrogens is 212 g/mol. The topological polar surface area (TPSA) is 34.1 Å². The molecule has 0 bridgehead atoms. The highest BCUT2D eigenvalue weighted by atomic mass is 16.1. The molecule has 0 aliphatic heterocycles. The van der Waals surface area contributed by atoms with E-state index in [1.54, 1.807) is 0 Å². The third-order valence-corrected chi connectivity index (χ3v) is 2.89. The van der Waals surface area contributed by atoms with Gasteiger partial charge in [0.25, 0.3) is 0 Å². The Hall–Kier alpha value is -1.70. The Morgan fingerprint density at radius 3 is 2.18 bits per heavy atom. The summed E-state index contributed by atoms with van der Waals surface area (Å²) < 4.78 is 0. The van der Waals surface area contributed by atoms with Crippen LogP contribution in [0.4, 0.5) is 0 Å². The third-order valence-electron chi connectivity index (χ3n) is 2.89. The molecule has 2 heteroatoms. The lowest BCUT2D eigenvalue weighted by Crippen LogP contribution is -2.22.